The van der Waals surface area contributed by atoms with E-state index in [4.69, 9.17) is 0 Å². The summed E-state index contributed by atoms with van der Waals surface area (Å²) in [5.41, 5.74) is 0. The van der Waals surface area contributed by atoms with Gasteiger partial charge in [-0.05, 0) is 37.3 Å². The van der Waals surface area contributed by atoms with E-state index in [2.05, 4.69) is 52.1 Å². The zero-order valence-electron chi connectivity index (χ0n) is 13.1. The Kier molecular flexibility index (Phi) is 4.86. The molecule has 3 nitrogen and oxygen atoms in total. The lowest BCUT2D eigenvalue weighted by atomic mass is 9.97. The van der Waals surface area contributed by atoms with Crippen molar-refractivity contribution in [3.05, 3.63) is 21.9 Å². The third-order valence-corrected chi connectivity index (χ3v) is 5.37. The van der Waals surface area contributed by atoms with Gasteiger partial charge in [0.15, 0.2) is 0 Å². The van der Waals surface area contributed by atoms with Crippen LogP contribution < -0.4 is 5.32 Å². The highest BCUT2D eigenvalue weighted by molar-refractivity contribution is 7.12. The molecule has 1 saturated heterocycles. The number of nitrogens with one attached hydrogen (secondary N) is 1. The van der Waals surface area contributed by atoms with Crippen LogP contribution in [0.25, 0.3) is 0 Å². The SMILES string of the molecule is CCC1NC(c2ccc(C)s2)N(CC(C)C(C)C)C1=O. The van der Waals surface area contributed by atoms with Crippen molar-refractivity contribution in [1.82, 2.24) is 10.2 Å². The Labute approximate surface area is 126 Å². The van der Waals surface area contributed by atoms with Crippen LogP contribution in [0.4, 0.5) is 0 Å². The summed E-state index contributed by atoms with van der Waals surface area (Å²) in [4.78, 5) is 17.1. The van der Waals surface area contributed by atoms with E-state index in [-0.39, 0.29) is 18.1 Å². The molecular formula is C16H26N2OS. The summed E-state index contributed by atoms with van der Waals surface area (Å²) in [7, 11) is 0. The summed E-state index contributed by atoms with van der Waals surface area (Å²) in [5.74, 6) is 1.37. The number of aryl methyl sites for hydroxylation is 1. The minimum Gasteiger partial charge on any atom is -0.320 e. The molecule has 1 N–H and O–H groups in total. The molecule has 1 aromatic heterocycles. The first-order valence-corrected chi connectivity index (χ1v) is 8.38. The Bertz CT molecular complexity index is 469. The Morgan fingerprint density at radius 1 is 1.35 bits per heavy atom. The molecule has 4 heteroatoms. The fourth-order valence-electron chi connectivity index (χ4n) is 2.52. The van der Waals surface area contributed by atoms with E-state index in [0.29, 0.717) is 11.8 Å². The molecule has 3 unspecified atom stereocenters. The van der Waals surface area contributed by atoms with Gasteiger partial charge in [0, 0.05) is 16.3 Å². The Balaban J connectivity index is 2.21. The Hall–Kier alpha value is -0.870. The van der Waals surface area contributed by atoms with Gasteiger partial charge in [-0.15, -0.1) is 11.3 Å². The number of hydrogen-bond acceptors (Lipinski definition) is 3. The molecule has 1 aliphatic rings. The van der Waals surface area contributed by atoms with Gasteiger partial charge in [0.05, 0.1) is 6.04 Å². The maximum Gasteiger partial charge on any atom is 0.241 e. The highest BCUT2D eigenvalue weighted by Crippen LogP contribution is 2.32. The van der Waals surface area contributed by atoms with Crippen molar-refractivity contribution in [2.75, 3.05) is 6.54 Å². The van der Waals surface area contributed by atoms with Crippen LogP contribution in [-0.2, 0) is 4.79 Å². The zero-order valence-corrected chi connectivity index (χ0v) is 14.0. The van der Waals surface area contributed by atoms with Crippen LogP contribution in [0.1, 0.15) is 50.0 Å². The van der Waals surface area contributed by atoms with Crippen molar-refractivity contribution in [2.24, 2.45) is 11.8 Å². The number of carbonyl (C=O) groups excluding carboxylic acids is 1. The van der Waals surface area contributed by atoms with Crippen molar-refractivity contribution in [3.63, 3.8) is 0 Å². The predicted octanol–water partition coefficient (Wildman–Crippen LogP) is 3.56. The standard InChI is InChI=1S/C16H26N2OS/c1-6-13-16(19)18(9-11(4)10(2)3)15(17-13)14-8-7-12(5)20-14/h7-8,10-11,13,15,17H,6,9H2,1-5H3. The number of hydrogen-bond donors (Lipinski definition) is 1. The van der Waals surface area contributed by atoms with Crippen molar-refractivity contribution in [3.8, 4) is 0 Å². The summed E-state index contributed by atoms with van der Waals surface area (Å²) >= 11 is 1.78. The summed E-state index contributed by atoms with van der Waals surface area (Å²) in [6, 6.07) is 4.26. The van der Waals surface area contributed by atoms with Crippen LogP contribution in [-0.4, -0.2) is 23.4 Å². The predicted molar refractivity (Wildman–Crippen MR) is 84.7 cm³/mol. The molecule has 3 atom stereocenters. The lowest BCUT2D eigenvalue weighted by molar-refractivity contribution is -0.130. The van der Waals surface area contributed by atoms with Crippen LogP contribution in [0.3, 0.4) is 0 Å². The summed E-state index contributed by atoms with van der Waals surface area (Å²) in [6.45, 7) is 11.7. The van der Waals surface area contributed by atoms with Crippen LogP contribution in [0.2, 0.25) is 0 Å². The smallest absolute Gasteiger partial charge is 0.241 e. The van der Waals surface area contributed by atoms with E-state index >= 15 is 0 Å². The normalized spacial score (nSPS) is 24.7. The molecular weight excluding hydrogens is 268 g/mol. The molecule has 1 amide bonds. The van der Waals surface area contributed by atoms with Gasteiger partial charge in [0.1, 0.15) is 6.17 Å². The number of thiophene rings is 1. The number of rotatable bonds is 5. The van der Waals surface area contributed by atoms with E-state index in [1.165, 1.54) is 9.75 Å². The van der Waals surface area contributed by atoms with E-state index < -0.39 is 0 Å². The minimum absolute atomic E-state index is 0.0261. The number of amides is 1. The van der Waals surface area contributed by atoms with E-state index in [1.54, 1.807) is 11.3 Å². The molecule has 20 heavy (non-hydrogen) atoms. The summed E-state index contributed by atoms with van der Waals surface area (Å²) < 4.78 is 0. The Morgan fingerprint density at radius 2 is 2.05 bits per heavy atom. The molecule has 0 spiro atoms. The van der Waals surface area contributed by atoms with Crippen molar-refractivity contribution < 1.29 is 4.79 Å². The average molecular weight is 294 g/mol. The quantitative estimate of drug-likeness (QED) is 0.900. The van der Waals surface area contributed by atoms with Crippen molar-refractivity contribution in [2.45, 2.75) is 53.2 Å². The van der Waals surface area contributed by atoms with Crippen molar-refractivity contribution in [1.29, 1.82) is 0 Å². The van der Waals surface area contributed by atoms with Gasteiger partial charge >= 0.3 is 0 Å². The van der Waals surface area contributed by atoms with Crippen LogP contribution in [0.15, 0.2) is 12.1 Å². The second kappa shape index (κ2) is 6.27. The Morgan fingerprint density at radius 3 is 2.55 bits per heavy atom. The third-order valence-electron chi connectivity index (χ3n) is 4.31. The maximum atomic E-state index is 12.6. The van der Waals surface area contributed by atoms with E-state index in [0.717, 1.165) is 13.0 Å². The molecule has 0 aromatic carbocycles. The largest absolute Gasteiger partial charge is 0.320 e. The van der Waals surface area contributed by atoms with Gasteiger partial charge < -0.3 is 4.90 Å². The first-order valence-electron chi connectivity index (χ1n) is 7.56. The lowest BCUT2D eigenvalue weighted by Crippen LogP contribution is -2.35. The maximum absolute atomic E-state index is 12.6. The van der Waals surface area contributed by atoms with E-state index in [1.807, 2.05) is 4.90 Å². The summed E-state index contributed by atoms with van der Waals surface area (Å²) in [6.07, 6.45) is 0.916. The monoisotopic (exact) mass is 294 g/mol. The highest BCUT2D eigenvalue weighted by atomic mass is 32.1. The molecule has 1 aliphatic heterocycles. The minimum atomic E-state index is -0.0261. The summed E-state index contributed by atoms with van der Waals surface area (Å²) in [5, 5.41) is 3.50. The number of nitrogens with zero attached hydrogens (tertiary/aromatic N) is 1. The van der Waals surface area contributed by atoms with Crippen molar-refractivity contribution >= 4 is 17.2 Å². The first kappa shape index (κ1) is 15.5. The molecule has 0 aliphatic carbocycles. The second-order valence-corrected chi connectivity index (χ2v) is 7.51. The highest BCUT2D eigenvalue weighted by Gasteiger charge is 2.39. The molecule has 0 radical (unpaired) electrons. The van der Waals surface area contributed by atoms with Gasteiger partial charge in [0.2, 0.25) is 5.91 Å². The topological polar surface area (TPSA) is 32.3 Å². The van der Waals surface area contributed by atoms with Crippen LogP contribution in [0.5, 0.6) is 0 Å². The zero-order chi connectivity index (χ0) is 14.9. The first-order chi connectivity index (χ1) is 9.43. The lowest BCUT2D eigenvalue weighted by Gasteiger charge is -2.28. The molecule has 1 aromatic rings. The molecule has 112 valence electrons. The molecule has 0 saturated carbocycles. The van der Waals surface area contributed by atoms with Gasteiger partial charge in [-0.2, -0.15) is 0 Å². The molecule has 2 rings (SSSR count). The van der Waals surface area contributed by atoms with Crippen LogP contribution >= 0.6 is 11.3 Å². The molecule has 0 bridgehead atoms. The molecule has 2 heterocycles. The van der Waals surface area contributed by atoms with Gasteiger partial charge in [-0.3, -0.25) is 10.1 Å². The van der Waals surface area contributed by atoms with Gasteiger partial charge in [0.25, 0.3) is 0 Å². The average Bonchev–Trinajstić information content (AvgIpc) is 2.95. The van der Waals surface area contributed by atoms with Gasteiger partial charge in [-0.25, -0.2) is 0 Å². The van der Waals surface area contributed by atoms with Crippen LogP contribution in [0, 0.1) is 18.8 Å². The van der Waals surface area contributed by atoms with E-state index in [9.17, 15) is 4.79 Å². The molecule has 1 fully saturated rings. The number of carbonyl (C=O) groups is 1. The van der Waals surface area contributed by atoms with Gasteiger partial charge in [-0.1, -0.05) is 27.7 Å². The fraction of sp³-hybridized carbons (Fsp3) is 0.688. The third kappa shape index (κ3) is 3.07. The fourth-order valence-corrected chi connectivity index (χ4v) is 3.48. The second-order valence-electron chi connectivity index (χ2n) is 6.19.